The maximum Gasteiger partial charge on any atom is 0.242 e. The molecule has 2 heterocycles. The van der Waals surface area contributed by atoms with Gasteiger partial charge in [0.05, 0.1) is 4.91 Å². The molecule has 2 aliphatic rings. The molecule has 0 bridgehead atoms. The zero-order valence-electron chi connectivity index (χ0n) is 11.9. The number of benzene rings is 1. The predicted octanol–water partition coefficient (Wildman–Crippen LogP) is 2.62. The number of piperidine rings is 1. The van der Waals surface area contributed by atoms with Gasteiger partial charge in [0.2, 0.25) is 10.0 Å². The zero-order valence-corrected chi connectivity index (χ0v) is 12.7. The highest BCUT2D eigenvalue weighted by Crippen LogP contribution is 2.31. The number of hydrogen-bond acceptors (Lipinski definition) is 3. The van der Waals surface area contributed by atoms with Gasteiger partial charge in [-0.1, -0.05) is 6.92 Å². The van der Waals surface area contributed by atoms with Gasteiger partial charge in [0.1, 0.15) is 18.2 Å². The van der Waals surface area contributed by atoms with Gasteiger partial charge in [-0.3, -0.25) is 0 Å². The van der Waals surface area contributed by atoms with Crippen LogP contribution in [0.3, 0.4) is 0 Å². The van der Waals surface area contributed by atoms with E-state index in [1.54, 1.807) is 0 Å². The molecule has 0 spiro atoms. The molecule has 1 saturated heterocycles. The van der Waals surface area contributed by atoms with Gasteiger partial charge in [-0.05, 0) is 43.0 Å². The maximum absolute atomic E-state index is 13.3. The van der Waals surface area contributed by atoms with Crippen molar-refractivity contribution < 1.29 is 17.5 Å². The monoisotopic (exact) mass is 311 g/mol. The molecule has 0 N–H and O–H groups in total. The Bertz CT molecular complexity index is 684. The Morgan fingerprint density at radius 3 is 2.95 bits per heavy atom. The topological polar surface area (TPSA) is 46.6 Å². The molecule has 2 aliphatic heterocycles. The maximum atomic E-state index is 13.3. The summed E-state index contributed by atoms with van der Waals surface area (Å²) in [6.45, 7) is 3.14. The van der Waals surface area contributed by atoms with Crippen molar-refractivity contribution in [3.05, 3.63) is 34.5 Å². The molecular formula is C15H18FNO3S. The Hall–Kier alpha value is -1.40. The Labute approximate surface area is 124 Å². The normalized spacial score (nSPS) is 23.1. The van der Waals surface area contributed by atoms with Crippen LogP contribution in [-0.4, -0.2) is 32.4 Å². The Balaban J connectivity index is 1.93. The van der Waals surface area contributed by atoms with E-state index in [-0.39, 0.29) is 11.5 Å². The van der Waals surface area contributed by atoms with Crippen molar-refractivity contribution in [1.29, 1.82) is 0 Å². The second kappa shape index (κ2) is 5.42. The van der Waals surface area contributed by atoms with Crippen LogP contribution in [0.1, 0.15) is 25.3 Å². The van der Waals surface area contributed by atoms with E-state index in [2.05, 4.69) is 6.92 Å². The largest absolute Gasteiger partial charge is 0.487 e. The van der Waals surface area contributed by atoms with Crippen LogP contribution >= 0.6 is 0 Å². The molecule has 114 valence electrons. The van der Waals surface area contributed by atoms with Gasteiger partial charge >= 0.3 is 0 Å². The third-order valence-corrected chi connectivity index (χ3v) is 5.86. The lowest BCUT2D eigenvalue weighted by atomic mass is 10.0. The minimum Gasteiger partial charge on any atom is -0.487 e. The quantitative estimate of drug-likeness (QED) is 0.843. The molecule has 4 nitrogen and oxygen atoms in total. The summed E-state index contributed by atoms with van der Waals surface area (Å²) in [6.07, 6.45) is 3.45. The summed E-state index contributed by atoms with van der Waals surface area (Å²) < 4.78 is 45.6. The highest BCUT2D eigenvalue weighted by atomic mass is 32.2. The van der Waals surface area contributed by atoms with E-state index >= 15 is 0 Å². The van der Waals surface area contributed by atoms with E-state index in [0.717, 1.165) is 12.8 Å². The van der Waals surface area contributed by atoms with Gasteiger partial charge in [0.15, 0.2) is 0 Å². The number of fused-ring (bicyclic) bond motifs is 1. The summed E-state index contributed by atoms with van der Waals surface area (Å²) in [7, 11) is -3.53. The van der Waals surface area contributed by atoms with Gasteiger partial charge < -0.3 is 4.74 Å². The van der Waals surface area contributed by atoms with E-state index in [9.17, 15) is 12.8 Å². The van der Waals surface area contributed by atoms with Crippen LogP contribution in [0.4, 0.5) is 4.39 Å². The predicted molar refractivity (Wildman–Crippen MR) is 78.8 cm³/mol. The van der Waals surface area contributed by atoms with Crippen molar-refractivity contribution in [2.45, 2.75) is 19.8 Å². The molecule has 21 heavy (non-hydrogen) atoms. The van der Waals surface area contributed by atoms with Crippen molar-refractivity contribution in [3.63, 3.8) is 0 Å². The van der Waals surface area contributed by atoms with E-state index in [1.807, 2.05) is 0 Å². The average molecular weight is 311 g/mol. The first-order valence-corrected chi connectivity index (χ1v) is 8.54. The second-order valence-electron chi connectivity index (χ2n) is 5.69. The number of ether oxygens (including phenoxy) is 1. The molecule has 1 atom stereocenters. The smallest absolute Gasteiger partial charge is 0.242 e. The molecule has 1 aromatic carbocycles. The highest BCUT2D eigenvalue weighted by molar-refractivity contribution is 7.93. The molecule has 0 aliphatic carbocycles. The minimum atomic E-state index is -3.53. The lowest BCUT2D eigenvalue weighted by Gasteiger charge is -2.31. The molecule has 0 amide bonds. The van der Waals surface area contributed by atoms with Crippen LogP contribution < -0.4 is 4.74 Å². The number of hydrogen-bond donors (Lipinski definition) is 0. The molecule has 0 radical (unpaired) electrons. The number of rotatable bonds is 2. The summed E-state index contributed by atoms with van der Waals surface area (Å²) in [4.78, 5) is 0.203. The van der Waals surface area contributed by atoms with Gasteiger partial charge in [-0.25, -0.2) is 12.8 Å². The number of sulfonamides is 1. The Kier molecular flexibility index (Phi) is 3.75. The second-order valence-corrected chi connectivity index (χ2v) is 7.68. The molecule has 3 rings (SSSR count). The summed E-state index contributed by atoms with van der Waals surface area (Å²) in [5, 5.41) is 0. The third-order valence-electron chi connectivity index (χ3n) is 3.95. The minimum absolute atomic E-state index is 0.00580. The zero-order chi connectivity index (χ0) is 15.0. The van der Waals surface area contributed by atoms with E-state index < -0.39 is 15.8 Å². The third kappa shape index (κ3) is 2.82. The molecule has 6 heteroatoms. The fourth-order valence-electron chi connectivity index (χ4n) is 2.81. The molecule has 1 fully saturated rings. The SMILES string of the molecule is CC1CCCN(S(=O)(=O)C2=Cc3cc(F)ccc3OC2)C1. The van der Waals surface area contributed by atoms with Crippen LogP contribution in [0.5, 0.6) is 5.75 Å². The summed E-state index contributed by atoms with van der Waals surface area (Å²) in [5.41, 5.74) is 0.477. The van der Waals surface area contributed by atoms with E-state index in [0.29, 0.717) is 30.3 Å². The van der Waals surface area contributed by atoms with Crippen molar-refractivity contribution in [2.24, 2.45) is 5.92 Å². The molecular weight excluding hydrogens is 293 g/mol. The van der Waals surface area contributed by atoms with Crippen LogP contribution in [0.15, 0.2) is 23.1 Å². The first-order valence-electron chi connectivity index (χ1n) is 7.10. The molecule has 1 aromatic rings. The van der Waals surface area contributed by atoms with Crippen molar-refractivity contribution in [1.82, 2.24) is 4.31 Å². The van der Waals surface area contributed by atoms with Crippen LogP contribution in [0.2, 0.25) is 0 Å². The average Bonchev–Trinajstić information content (AvgIpc) is 2.46. The van der Waals surface area contributed by atoms with Crippen molar-refractivity contribution in [3.8, 4) is 5.75 Å². The van der Waals surface area contributed by atoms with Gasteiger partial charge in [-0.15, -0.1) is 0 Å². The molecule has 0 saturated carbocycles. The van der Waals surface area contributed by atoms with Gasteiger partial charge in [0, 0.05) is 18.7 Å². The summed E-state index contributed by atoms with van der Waals surface area (Å²) in [5.74, 6) is 0.476. The fraction of sp³-hybridized carbons (Fsp3) is 0.467. The lowest BCUT2D eigenvalue weighted by Crippen LogP contribution is -2.40. The standard InChI is InChI=1S/C15H18FNO3S/c1-11-3-2-6-17(9-11)21(18,19)14-8-12-7-13(16)4-5-15(12)20-10-14/h4-5,7-8,11H,2-3,6,9-10H2,1H3. The van der Waals surface area contributed by atoms with Gasteiger partial charge in [0.25, 0.3) is 0 Å². The van der Waals surface area contributed by atoms with Crippen LogP contribution in [-0.2, 0) is 10.0 Å². The van der Waals surface area contributed by atoms with Gasteiger partial charge in [-0.2, -0.15) is 4.31 Å². The highest BCUT2D eigenvalue weighted by Gasteiger charge is 2.32. The molecule has 0 aromatic heterocycles. The van der Waals surface area contributed by atoms with Crippen molar-refractivity contribution in [2.75, 3.05) is 19.7 Å². The Morgan fingerprint density at radius 2 is 2.19 bits per heavy atom. The first kappa shape index (κ1) is 14.5. The van der Waals surface area contributed by atoms with E-state index in [4.69, 9.17) is 4.74 Å². The number of halogens is 1. The van der Waals surface area contributed by atoms with Crippen molar-refractivity contribution >= 4 is 16.1 Å². The van der Waals surface area contributed by atoms with Crippen LogP contribution in [0.25, 0.3) is 6.08 Å². The fourth-order valence-corrected chi connectivity index (χ4v) is 4.44. The lowest BCUT2D eigenvalue weighted by molar-refractivity contribution is 0.280. The summed E-state index contributed by atoms with van der Waals surface area (Å²) in [6, 6.07) is 4.12. The van der Waals surface area contributed by atoms with E-state index in [1.165, 1.54) is 28.6 Å². The number of nitrogens with zero attached hydrogens (tertiary/aromatic N) is 1. The molecule has 1 unspecified atom stereocenters. The first-order chi connectivity index (χ1) is 9.96. The Morgan fingerprint density at radius 1 is 1.38 bits per heavy atom. The summed E-state index contributed by atoms with van der Waals surface area (Å²) >= 11 is 0. The van der Waals surface area contributed by atoms with Crippen LogP contribution in [0, 0.1) is 11.7 Å².